The first-order valence-corrected chi connectivity index (χ1v) is 15.6. The maximum Gasteiger partial charge on any atom is 0.195 e. The summed E-state index contributed by atoms with van der Waals surface area (Å²) in [7, 11) is 0. The molecule has 0 amide bonds. The minimum absolute atomic E-state index is 0.502. The molecule has 0 aliphatic carbocycles. The fourth-order valence-electron chi connectivity index (χ4n) is 4.64. The number of benzene rings is 4. The van der Waals surface area contributed by atoms with Crippen LogP contribution < -0.4 is 0 Å². The zero-order chi connectivity index (χ0) is 27.7. The van der Waals surface area contributed by atoms with Crippen LogP contribution in [0.2, 0.25) is 0 Å². The molecule has 0 fully saturated rings. The van der Waals surface area contributed by atoms with Gasteiger partial charge in [0.2, 0.25) is 0 Å². The highest BCUT2D eigenvalue weighted by Gasteiger charge is 2.20. The van der Waals surface area contributed by atoms with Crippen LogP contribution in [0.3, 0.4) is 0 Å². The molecule has 204 valence electrons. The highest BCUT2D eigenvalue weighted by Crippen LogP contribution is 2.27. The van der Waals surface area contributed by atoms with E-state index in [1.54, 1.807) is 23.5 Å². The van der Waals surface area contributed by atoms with E-state index in [-0.39, 0.29) is 0 Å². The Hall–Kier alpha value is -4.14. The number of hydrogen-bond donors (Lipinski definition) is 0. The summed E-state index contributed by atoms with van der Waals surface area (Å²) in [5.41, 5.74) is 4.72. The van der Waals surface area contributed by atoms with Crippen LogP contribution >= 0.6 is 23.5 Å². The molecule has 6 nitrogen and oxygen atoms in total. The second kappa shape index (κ2) is 13.5. The number of thioether (sulfide) groups is 2. The number of aromatic nitrogens is 6. The van der Waals surface area contributed by atoms with E-state index in [4.69, 9.17) is 0 Å². The highest BCUT2D eigenvalue weighted by atomic mass is 32.2. The van der Waals surface area contributed by atoms with Gasteiger partial charge in [-0.3, -0.25) is 9.13 Å². The quantitative estimate of drug-likeness (QED) is 0.145. The first kappa shape index (κ1) is 27.1. The Kier molecular flexibility index (Phi) is 8.89. The molecule has 0 spiro atoms. The smallest absolute Gasteiger partial charge is 0.195 e. The lowest BCUT2D eigenvalue weighted by Gasteiger charge is -2.12. The van der Waals surface area contributed by atoms with Crippen LogP contribution in [0.25, 0.3) is 11.4 Å². The third-order valence-electron chi connectivity index (χ3n) is 6.68. The van der Waals surface area contributed by atoms with E-state index in [2.05, 4.69) is 114 Å². The zero-order valence-electron chi connectivity index (χ0n) is 22.6. The molecule has 2 aromatic heterocycles. The standard InChI is InChI=1S/C33H30N6S2/c1-5-13-26(14-6-1)21-23-40-32-36-34-30(38(32)28-17-9-3-10-18-28)25-31-35-37-33(39(31)29-19-11-4-12-20-29)41-24-22-27-15-7-2-8-16-27/h1-20H,21-25H2. The molecule has 6 aromatic rings. The summed E-state index contributed by atoms with van der Waals surface area (Å²) in [5.74, 6) is 3.50. The normalized spacial score (nSPS) is 11.1. The van der Waals surface area contributed by atoms with Gasteiger partial charge in [-0.2, -0.15) is 0 Å². The van der Waals surface area contributed by atoms with Gasteiger partial charge in [-0.15, -0.1) is 20.4 Å². The van der Waals surface area contributed by atoms with Gasteiger partial charge in [0.25, 0.3) is 0 Å². The number of rotatable bonds is 12. The van der Waals surface area contributed by atoms with Crippen LogP contribution in [0.15, 0.2) is 132 Å². The monoisotopic (exact) mass is 574 g/mol. The van der Waals surface area contributed by atoms with Gasteiger partial charge in [0.05, 0.1) is 6.42 Å². The summed E-state index contributed by atoms with van der Waals surface area (Å²) in [5, 5.41) is 20.3. The van der Waals surface area contributed by atoms with E-state index in [0.29, 0.717) is 6.42 Å². The Labute approximate surface area is 248 Å². The molecule has 0 radical (unpaired) electrons. The van der Waals surface area contributed by atoms with E-state index in [1.165, 1.54) is 11.1 Å². The Bertz CT molecular complexity index is 1530. The van der Waals surface area contributed by atoms with Crippen molar-refractivity contribution in [1.82, 2.24) is 29.5 Å². The third-order valence-corrected chi connectivity index (χ3v) is 8.54. The van der Waals surface area contributed by atoms with Gasteiger partial charge in [-0.1, -0.05) is 121 Å². The van der Waals surface area contributed by atoms with Crippen molar-refractivity contribution in [3.05, 3.63) is 144 Å². The van der Waals surface area contributed by atoms with Crippen LogP contribution in [0.1, 0.15) is 22.8 Å². The van der Waals surface area contributed by atoms with Gasteiger partial charge >= 0.3 is 0 Å². The lowest BCUT2D eigenvalue weighted by molar-refractivity contribution is 0.791. The summed E-state index contributed by atoms with van der Waals surface area (Å²) in [6.07, 6.45) is 2.44. The molecule has 0 saturated heterocycles. The van der Waals surface area contributed by atoms with E-state index < -0.39 is 0 Å². The summed E-state index contributed by atoms with van der Waals surface area (Å²) in [4.78, 5) is 0. The Balaban J connectivity index is 1.27. The van der Waals surface area contributed by atoms with Crippen LogP contribution in [0.5, 0.6) is 0 Å². The number of para-hydroxylation sites is 2. The van der Waals surface area contributed by atoms with Crippen molar-refractivity contribution >= 4 is 23.5 Å². The minimum Gasteiger partial charge on any atom is -0.274 e. The molecule has 8 heteroatoms. The summed E-state index contributed by atoms with van der Waals surface area (Å²) < 4.78 is 4.31. The molecule has 41 heavy (non-hydrogen) atoms. The van der Waals surface area contributed by atoms with Gasteiger partial charge in [0.15, 0.2) is 10.3 Å². The van der Waals surface area contributed by atoms with Gasteiger partial charge in [-0.05, 0) is 48.2 Å². The van der Waals surface area contributed by atoms with Crippen LogP contribution in [0.4, 0.5) is 0 Å². The molecule has 6 rings (SSSR count). The average molecular weight is 575 g/mol. The molecule has 0 aliphatic heterocycles. The van der Waals surface area contributed by atoms with Crippen molar-refractivity contribution in [2.45, 2.75) is 29.6 Å². The third kappa shape index (κ3) is 6.78. The van der Waals surface area contributed by atoms with Crippen molar-refractivity contribution in [2.24, 2.45) is 0 Å². The van der Waals surface area contributed by atoms with E-state index in [0.717, 1.165) is 57.7 Å². The van der Waals surface area contributed by atoms with E-state index in [1.807, 2.05) is 36.4 Å². The van der Waals surface area contributed by atoms with Crippen LogP contribution in [0, 0.1) is 0 Å². The molecule has 2 heterocycles. The van der Waals surface area contributed by atoms with E-state index in [9.17, 15) is 0 Å². The first-order chi connectivity index (χ1) is 20.3. The van der Waals surface area contributed by atoms with Gasteiger partial charge in [0, 0.05) is 22.9 Å². The predicted molar refractivity (Wildman–Crippen MR) is 167 cm³/mol. The van der Waals surface area contributed by atoms with E-state index >= 15 is 0 Å². The molecular formula is C33H30N6S2. The molecule has 0 saturated carbocycles. The molecule has 4 aromatic carbocycles. The lowest BCUT2D eigenvalue weighted by atomic mass is 10.2. The van der Waals surface area contributed by atoms with Crippen molar-refractivity contribution in [3.63, 3.8) is 0 Å². The molecular weight excluding hydrogens is 545 g/mol. The SMILES string of the molecule is c1ccc(CCSc2nnc(Cc3nnc(SCCc4ccccc4)n3-c3ccccc3)n2-c2ccccc2)cc1. The lowest BCUT2D eigenvalue weighted by Crippen LogP contribution is -2.09. The number of nitrogens with zero attached hydrogens (tertiary/aromatic N) is 6. The van der Waals surface area contributed by atoms with Gasteiger partial charge < -0.3 is 0 Å². The molecule has 0 aliphatic rings. The van der Waals surface area contributed by atoms with Crippen LogP contribution in [-0.4, -0.2) is 41.0 Å². The molecule has 0 atom stereocenters. The fraction of sp³-hybridized carbons (Fsp3) is 0.152. The van der Waals surface area contributed by atoms with Crippen molar-refractivity contribution in [2.75, 3.05) is 11.5 Å². The first-order valence-electron chi connectivity index (χ1n) is 13.7. The second-order valence-electron chi connectivity index (χ2n) is 9.48. The van der Waals surface area contributed by atoms with Crippen molar-refractivity contribution < 1.29 is 0 Å². The fourth-order valence-corrected chi connectivity index (χ4v) is 6.56. The van der Waals surface area contributed by atoms with Crippen LogP contribution in [-0.2, 0) is 19.3 Å². The minimum atomic E-state index is 0.502. The highest BCUT2D eigenvalue weighted by molar-refractivity contribution is 7.99. The predicted octanol–water partition coefficient (Wildman–Crippen LogP) is 7.11. The number of aryl methyl sites for hydroxylation is 2. The van der Waals surface area contributed by atoms with Crippen molar-refractivity contribution in [3.8, 4) is 11.4 Å². The maximum absolute atomic E-state index is 4.66. The largest absolute Gasteiger partial charge is 0.274 e. The molecule has 0 unspecified atom stereocenters. The van der Waals surface area contributed by atoms with Gasteiger partial charge in [-0.25, -0.2) is 0 Å². The topological polar surface area (TPSA) is 61.4 Å². The summed E-state index contributed by atoms with van der Waals surface area (Å²) >= 11 is 3.45. The zero-order valence-corrected chi connectivity index (χ0v) is 24.2. The average Bonchev–Trinajstić information content (AvgIpc) is 3.63. The molecule has 0 N–H and O–H groups in total. The number of hydrogen-bond acceptors (Lipinski definition) is 6. The van der Waals surface area contributed by atoms with Gasteiger partial charge in [0.1, 0.15) is 11.6 Å². The summed E-state index contributed by atoms with van der Waals surface area (Å²) in [6, 6.07) is 41.7. The van der Waals surface area contributed by atoms with Crippen molar-refractivity contribution in [1.29, 1.82) is 0 Å². The summed E-state index contributed by atoms with van der Waals surface area (Å²) in [6.45, 7) is 0. The Morgan fingerprint density at radius 3 is 1.20 bits per heavy atom. The second-order valence-corrected chi connectivity index (χ2v) is 11.6. The maximum atomic E-state index is 4.66. The molecule has 0 bridgehead atoms. The Morgan fingerprint density at radius 1 is 0.439 bits per heavy atom. The Morgan fingerprint density at radius 2 is 0.805 bits per heavy atom.